The second-order valence-corrected chi connectivity index (χ2v) is 9.38. The van der Waals surface area contributed by atoms with E-state index in [1.807, 2.05) is 0 Å². The first-order valence-corrected chi connectivity index (χ1v) is 7.49. The maximum Gasteiger partial charge on any atom is 0.155 e. The summed E-state index contributed by atoms with van der Waals surface area (Å²) in [4.78, 5) is 0. The molecule has 0 fully saturated rings. The Morgan fingerprint density at radius 3 is 1.75 bits per heavy atom. The molecular formula is C12H27NO2S. The summed E-state index contributed by atoms with van der Waals surface area (Å²) in [6.45, 7) is 12.1. The fraction of sp³-hybridized carbons (Fsp3) is 1.00. The van der Waals surface area contributed by atoms with Crippen molar-refractivity contribution in [2.24, 2.45) is 17.1 Å². The lowest BCUT2D eigenvalue weighted by atomic mass is 9.79. The third-order valence-electron chi connectivity index (χ3n) is 3.18. The minimum Gasteiger partial charge on any atom is -0.330 e. The van der Waals surface area contributed by atoms with Crippen LogP contribution in [0.2, 0.25) is 0 Å². The third-order valence-corrected chi connectivity index (χ3v) is 5.82. The van der Waals surface area contributed by atoms with Crippen LogP contribution in [0, 0.1) is 11.3 Å². The van der Waals surface area contributed by atoms with E-state index >= 15 is 0 Å². The summed E-state index contributed by atoms with van der Waals surface area (Å²) in [6, 6.07) is 0. The van der Waals surface area contributed by atoms with Crippen LogP contribution < -0.4 is 5.73 Å². The third kappa shape index (κ3) is 4.42. The molecule has 0 heterocycles. The van der Waals surface area contributed by atoms with E-state index in [4.69, 9.17) is 5.73 Å². The number of hydrogen-bond acceptors (Lipinski definition) is 3. The fourth-order valence-corrected chi connectivity index (χ4v) is 2.72. The molecule has 0 aliphatic rings. The van der Waals surface area contributed by atoms with E-state index in [-0.39, 0.29) is 17.1 Å². The molecule has 2 N–H and O–H groups in total. The second-order valence-electron chi connectivity index (χ2n) is 6.52. The van der Waals surface area contributed by atoms with Crippen molar-refractivity contribution in [3.8, 4) is 0 Å². The van der Waals surface area contributed by atoms with Gasteiger partial charge in [-0.3, -0.25) is 0 Å². The van der Waals surface area contributed by atoms with Crippen LogP contribution in [0.4, 0.5) is 0 Å². The standard InChI is InChI=1S/C12H27NO2S/c1-11(2,3)10(9-13)7-8-16(14,15)12(4,5)6/h10H,7-9,13H2,1-6H3. The summed E-state index contributed by atoms with van der Waals surface area (Å²) in [5.74, 6) is 0.486. The van der Waals surface area contributed by atoms with Crippen molar-refractivity contribution < 1.29 is 8.42 Å². The van der Waals surface area contributed by atoms with Gasteiger partial charge in [-0.25, -0.2) is 8.42 Å². The van der Waals surface area contributed by atoms with Crippen LogP contribution in [0.3, 0.4) is 0 Å². The van der Waals surface area contributed by atoms with Gasteiger partial charge < -0.3 is 5.73 Å². The minimum atomic E-state index is -3.02. The Morgan fingerprint density at radius 2 is 1.50 bits per heavy atom. The van der Waals surface area contributed by atoms with Gasteiger partial charge in [0.2, 0.25) is 0 Å². The minimum absolute atomic E-state index is 0.0716. The summed E-state index contributed by atoms with van der Waals surface area (Å²) in [6.07, 6.45) is 0.652. The molecule has 0 saturated heterocycles. The van der Waals surface area contributed by atoms with Gasteiger partial charge in [0.05, 0.1) is 10.5 Å². The topological polar surface area (TPSA) is 60.2 Å². The fourth-order valence-electron chi connectivity index (χ4n) is 1.51. The van der Waals surface area contributed by atoms with Crippen LogP contribution in [-0.4, -0.2) is 25.5 Å². The molecule has 0 aliphatic heterocycles. The number of sulfone groups is 1. The Bertz CT molecular complexity index is 307. The van der Waals surface area contributed by atoms with Gasteiger partial charge >= 0.3 is 0 Å². The molecule has 4 heteroatoms. The Labute approximate surface area is 101 Å². The van der Waals surface area contributed by atoms with E-state index in [0.29, 0.717) is 13.0 Å². The summed E-state index contributed by atoms with van der Waals surface area (Å²) in [7, 11) is -3.02. The SMILES string of the molecule is CC(C)(C)C(CN)CCS(=O)(=O)C(C)(C)C. The largest absolute Gasteiger partial charge is 0.330 e. The summed E-state index contributed by atoms with van der Waals surface area (Å²) in [5, 5.41) is 0. The van der Waals surface area contributed by atoms with Crippen LogP contribution in [-0.2, 0) is 9.84 Å². The lowest BCUT2D eigenvalue weighted by molar-refractivity contribution is 0.241. The smallest absolute Gasteiger partial charge is 0.155 e. The van der Waals surface area contributed by atoms with Crippen LogP contribution in [0.15, 0.2) is 0 Å². The summed E-state index contributed by atoms with van der Waals surface area (Å²) < 4.78 is 23.3. The normalized spacial score (nSPS) is 16.2. The summed E-state index contributed by atoms with van der Waals surface area (Å²) in [5.41, 5.74) is 5.77. The zero-order valence-electron chi connectivity index (χ0n) is 11.5. The predicted molar refractivity (Wildman–Crippen MR) is 70.2 cm³/mol. The van der Waals surface area contributed by atoms with E-state index < -0.39 is 14.6 Å². The predicted octanol–water partition coefficient (Wildman–Crippen LogP) is 2.21. The van der Waals surface area contributed by atoms with E-state index in [0.717, 1.165) is 0 Å². The van der Waals surface area contributed by atoms with Crippen LogP contribution in [0.1, 0.15) is 48.0 Å². The maximum atomic E-state index is 12.0. The molecule has 0 amide bonds. The lowest BCUT2D eigenvalue weighted by Gasteiger charge is -2.30. The first-order valence-electron chi connectivity index (χ1n) is 5.84. The van der Waals surface area contributed by atoms with Crippen molar-refractivity contribution >= 4 is 9.84 Å². The van der Waals surface area contributed by atoms with E-state index in [1.54, 1.807) is 20.8 Å². The van der Waals surface area contributed by atoms with Gasteiger partial charge in [-0.05, 0) is 45.1 Å². The molecule has 0 aromatic carbocycles. The molecule has 3 nitrogen and oxygen atoms in total. The number of hydrogen-bond donors (Lipinski definition) is 1. The Kier molecular flexibility index (Phi) is 5.02. The van der Waals surface area contributed by atoms with Crippen molar-refractivity contribution in [2.75, 3.05) is 12.3 Å². The van der Waals surface area contributed by atoms with Crippen molar-refractivity contribution in [3.63, 3.8) is 0 Å². The molecule has 0 aliphatic carbocycles. The highest BCUT2D eigenvalue weighted by atomic mass is 32.2. The summed E-state index contributed by atoms with van der Waals surface area (Å²) >= 11 is 0. The molecule has 16 heavy (non-hydrogen) atoms. The Hall–Kier alpha value is -0.0900. The van der Waals surface area contributed by atoms with Gasteiger partial charge in [0.25, 0.3) is 0 Å². The molecule has 0 bridgehead atoms. The molecule has 1 atom stereocenters. The van der Waals surface area contributed by atoms with E-state index in [1.165, 1.54) is 0 Å². The number of rotatable bonds is 4. The van der Waals surface area contributed by atoms with E-state index in [9.17, 15) is 8.42 Å². The molecular weight excluding hydrogens is 222 g/mol. The molecule has 98 valence electrons. The molecule has 1 unspecified atom stereocenters. The molecule has 0 spiro atoms. The second kappa shape index (κ2) is 5.05. The van der Waals surface area contributed by atoms with Gasteiger partial charge in [-0.15, -0.1) is 0 Å². The Morgan fingerprint density at radius 1 is 1.06 bits per heavy atom. The zero-order valence-corrected chi connectivity index (χ0v) is 12.3. The monoisotopic (exact) mass is 249 g/mol. The molecule has 0 aromatic heterocycles. The van der Waals surface area contributed by atoms with Gasteiger partial charge in [0, 0.05) is 0 Å². The van der Waals surface area contributed by atoms with Gasteiger partial charge in [0.15, 0.2) is 9.84 Å². The van der Waals surface area contributed by atoms with Crippen molar-refractivity contribution in [3.05, 3.63) is 0 Å². The first-order chi connectivity index (χ1) is 6.92. The van der Waals surface area contributed by atoms with Gasteiger partial charge in [-0.1, -0.05) is 20.8 Å². The highest BCUT2D eigenvalue weighted by Crippen LogP contribution is 2.29. The quantitative estimate of drug-likeness (QED) is 0.831. The highest BCUT2D eigenvalue weighted by Gasteiger charge is 2.31. The first kappa shape index (κ1) is 15.9. The van der Waals surface area contributed by atoms with Crippen molar-refractivity contribution in [2.45, 2.75) is 52.7 Å². The van der Waals surface area contributed by atoms with Crippen LogP contribution >= 0.6 is 0 Å². The zero-order chi connectivity index (χ0) is 13.2. The average Bonchev–Trinajstić information content (AvgIpc) is 2.00. The highest BCUT2D eigenvalue weighted by molar-refractivity contribution is 7.92. The Balaban J connectivity index is 4.58. The average molecular weight is 249 g/mol. The molecule has 0 rings (SSSR count). The van der Waals surface area contributed by atoms with Crippen molar-refractivity contribution in [1.29, 1.82) is 0 Å². The van der Waals surface area contributed by atoms with Crippen molar-refractivity contribution in [1.82, 2.24) is 0 Å². The van der Waals surface area contributed by atoms with Gasteiger partial charge in [-0.2, -0.15) is 0 Å². The molecule has 0 saturated carbocycles. The maximum absolute atomic E-state index is 12.0. The lowest BCUT2D eigenvalue weighted by Crippen LogP contribution is -2.35. The van der Waals surface area contributed by atoms with Crippen LogP contribution in [0.5, 0.6) is 0 Å². The van der Waals surface area contributed by atoms with Gasteiger partial charge in [0.1, 0.15) is 0 Å². The van der Waals surface area contributed by atoms with Crippen LogP contribution in [0.25, 0.3) is 0 Å². The number of nitrogens with two attached hydrogens (primary N) is 1. The van der Waals surface area contributed by atoms with E-state index in [2.05, 4.69) is 20.8 Å². The molecule has 0 radical (unpaired) electrons. The molecule has 0 aromatic rings.